The number of benzene rings is 2. The predicted molar refractivity (Wildman–Crippen MR) is 88.5 cm³/mol. The third-order valence-electron chi connectivity index (χ3n) is 3.36. The number of ether oxygens (including phenoxy) is 1. The van der Waals surface area contributed by atoms with E-state index in [0.29, 0.717) is 17.1 Å². The maximum absolute atomic E-state index is 13.3. The van der Waals surface area contributed by atoms with Crippen molar-refractivity contribution in [1.82, 2.24) is 0 Å². The van der Waals surface area contributed by atoms with E-state index in [9.17, 15) is 18.3 Å². The lowest BCUT2D eigenvalue weighted by atomic mass is 10.0. The summed E-state index contributed by atoms with van der Waals surface area (Å²) in [5.41, 5.74) is 0.602. The molecule has 2 aromatic carbocycles. The van der Waals surface area contributed by atoms with Crippen LogP contribution in [0.3, 0.4) is 0 Å². The number of rotatable bonds is 7. The fraction of sp³-hybridized carbons (Fsp3) is 0.158. The molecule has 4 nitrogen and oxygen atoms in total. The zero-order chi connectivity index (χ0) is 18.9. The van der Waals surface area contributed by atoms with Gasteiger partial charge in [-0.2, -0.15) is 14.0 Å². The van der Waals surface area contributed by atoms with Crippen LogP contribution in [0.4, 0.5) is 13.2 Å². The lowest BCUT2D eigenvalue weighted by Gasteiger charge is -2.14. The smallest absolute Gasteiger partial charge is 0.301 e. The molecule has 0 aliphatic carbocycles. The third kappa shape index (κ3) is 5.98. The Morgan fingerprint density at radius 3 is 2.42 bits per heavy atom. The molecule has 0 heterocycles. The van der Waals surface area contributed by atoms with Crippen LogP contribution in [-0.2, 0) is 6.42 Å². The Labute approximate surface area is 148 Å². The summed E-state index contributed by atoms with van der Waals surface area (Å²) in [6.07, 6.45) is -3.23. The van der Waals surface area contributed by atoms with E-state index in [1.54, 1.807) is 36.4 Å². The Kier molecular flexibility index (Phi) is 6.80. The van der Waals surface area contributed by atoms with Crippen LogP contribution in [0.5, 0.6) is 11.5 Å². The molecule has 0 fully saturated rings. The molecule has 0 saturated heterocycles. The number of hydrogen-bond acceptors (Lipinski definition) is 4. The minimum Gasteiger partial charge on any atom is -0.851 e. The van der Waals surface area contributed by atoms with E-state index in [-0.39, 0.29) is 6.42 Å². The van der Waals surface area contributed by atoms with Crippen LogP contribution in [0.25, 0.3) is 0 Å². The first-order valence-electron chi connectivity index (χ1n) is 7.64. The summed E-state index contributed by atoms with van der Waals surface area (Å²) in [6, 6.07) is 15.8. The SMILES string of the molecule is N#CC([O-])=NC(CC(F)=C(F)F)Cc1cccc(Oc2ccccc2)c1. The quantitative estimate of drug-likeness (QED) is 0.551. The molecule has 0 aromatic heterocycles. The number of nitriles is 1. The summed E-state index contributed by atoms with van der Waals surface area (Å²) in [4.78, 5) is 3.48. The monoisotopic (exact) mass is 359 g/mol. The summed E-state index contributed by atoms with van der Waals surface area (Å²) >= 11 is 0. The second kappa shape index (κ2) is 9.28. The van der Waals surface area contributed by atoms with Gasteiger partial charge in [0.2, 0.25) is 0 Å². The molecule has 1 atom stereocenters. The van der Waals surface area contributed by atoms with Crippen molar-refractivity contribution in [3.63, 3.8) is 0 Å². The van der Waals surface area contributed by atoms with Gasteiger partial charge < -0.3 is 9.84 Å². The molecule has 134 valence electrons. The van der Waals surface area contributed by atoms with Gasteiger partial charge in [0.15, 0.2) is 5.83 Å². The summed E-state index contributed by atoms with van der Waals surface area (Å²) < 4.78 is 43.6. The van der Waals surface area contributed by atoms with E-state index in [2.05, 4.69) is 4.99 Å². The average Bonchev–Trinajstić information content (AvgIpc) is 2.62. The molecule has 2 rings (SSSR count). The Morgan fingerprint density at radius 2 is 1.77 bits per heavy atom. The van der Waals surface area contributed by atoms with E-state index >= 15 is 0 Å². The van der Waals surface area contributed by atoms with E-state index in [1.165, 1.54) is 6.07 Å². The standard InChI is InChI=1S/C19H15F3N2O2/c20-17(19(21)22)11-14(24-18(25)12-23)9-13-5-4-8-16(10-13)26-15-6-2-1-3-7-15/h1-8,10,14H,9,11H2,(H,24,25)/p-1. The van der Waals surface area contributed by atoms with Gasteiger partial charge in [-0.15, -0.1) is 0 Å². The van der Waals surface area contributed by atoms with Crippen molar-refractivity contribution < 1.29 is 23.0 Å². The van der Waals surface area contributed by atoms with Crippen molar-refractivity contribution in [3.8, 4) is 17.6 Å². The highest BCUT2D eigenvalue weighted by molar-refractivity contribution is 5.87. The van der Waals surface area contributed by atoms with Gasteiger partial charge in [-0.25, -0.2) is 4.39 Å². The molecule has 0 aliphatic rings. The van der Waals surface area contributed by atoms with Crippen molar-refractivity contribution in [2.45, 2.75) is 18.9 Å². The van der Waals surface area contributed by atoms with Crippen molar-refractivity contribution in [2.75, 3.05) is 0 Å². The number of para-hydroxylation sites is 1. The normalized spacial score (nSPS) is 12.2. The van der Waals surface area contributed by atoms with Gasteiger partial charge in [0, 0.05) is 6.42 Å². The molecule has 0 saturated carbocycles. The van der Waals surface area contributed by atoms with Gasteiger partial charge in [0.05, 0.1) is 11.9 Å². The molecular weight excluding hydrogens is 345 g/mol. The maximum atomic E-state index is 13.3. The van der Waals surface area contributed by atoms with Crippen molar-refractivity contribution in [1.29, 1.82) is 5.26 Å². The Balaban J connectivity index is 2.18. The molecule has 26 heavy (non-hydrogen) atoms. The molecule has 0 bridgehead atoms. The first kappa shape index (κ1) is 19.1. The van der Waals surface area contributed by atoms with E-state index < -0.39 is 30.3 Å². The second-order valence-corrected chi connectivity index (χ2v) is 5.34. The topological polar surface area (TPSA) is 68.4 Å². The Morgan fingerprint density at radius 1 is 1.08 bits per heavy atom. The van der Waals surface area contributed by atoms with Gasteiger partial charge in [-0.05, 0) is 36.2 Å². The Bertz CT molecular complexity index is 841. The molecule has 0 spiro atoms. The molecule has 0 amide bonds. The van der Waals surface area contributed by atoms with Crippen molar-refractivity contribution in [2.24, 2.45) is 4.99 Å². The van der Waals surface area contributed by atoms with Gasteiger partial charge in [0.1, 0.15) is 17.6 Å². The fourth-order valence-electron chi connectivity index (χ4n) is 2.27. The lowest BCUT2D eigenvalue weighted by Crippen LogP contribution is -2.20. The third-order valence-corrected chi connectivity index (χ3v) is 3.36. The number of halogens is 3. The number of aliphatic imine (C=N–C) groups is 1. The Hall–Kier alpha value is -3.27. The summed E-state index contributed by atoms with van der Waals surface area (Å²) in [6.45, 7) is 0. The van der Waals surface area contributed by atoms with Crippen LogP contribution >= 0.6 is 0 Å². The molecule has 7 heteroatoms. The highest BCUT2D eigenvalue weighted by atomic mass is 19.3. The second-order valence-electron chi connectivity index (χ2n) is 5.34. The van der Waals surface area contributed by atoms with E-state index in [0.717, 1.165) is 0 Å². The van der Waals surface area contributed by atoms with Gasteiger partial charge in [0.25, 0.3) is 0 Å². The van der Waals surface area contributed by atoms with Crippen LogP contribution in [0.15, 0.2) is 71.5 Å². The molecule has 0 N–H and O–H groups in total. The predicted octanol–water partition coefficient (Wildman–Crippen LogP) is 4.14. The van der Waals surface area contributed by atoms with Crippen LogP contribution in [-0.4, -0.2) is 11.9 Å². The number of nitrogens with zero attached hydrogens (tertiary/aromatic N) is 2. The summed E-state index contributed by atoms with van der Waals surface area (Å²) in [5.74, 6) is -1.69. The first-order chi connectivity index (χ1) is 12.5. The number of hydrogen-bond donors (Lipinski definition) is 0. The largest absolute Gasteiger partial charge is 0.851 e. The highest BCUT2D eigenvalue weighted by Crippen LogP contribution is 2.24. The van der Waals surface area contributed by atoms with Gasteiger partial charge in [-0.1, -0.05) is 30.3 Å². The van der Waals surface area contributed by atoms with Gasteiger partial charge >= 0.3 is 6.08 Å². The van der Waals surface area contributed by atoms with Crippen LogP contribution in [0.1, 0.15) is 12.0 Å². The van der Waals surface area contributed by atoms with Crippen molar-refractivity contribution >= 4 is 5.90 Å². The average molecular weight is 359 g/mol. The maximum Gasteiger partial charge on any atom is 0.301 e. The molecule has 2 aromatic rings. The van der Waals surface area contributed by atoms with Gasteiger partial charge in [-0.3, -0.25) is 4.99 Å². The molecule has 1 unspecified atom stereocenters. The van der Waals surface area contributed by atoms with Crippen LogP contribution < -0.4 is 9.84 Å². The lowest BCUT2D eigenvalue weighted by molar-refractivity contribution is -0.211. The van der Waals surface area contributed by atoms with E-state index in [1.807, 2.05) is 18.2 Å². The zero-order valence-electron chi connectivity index (χ0n) is 13.5. The van der Waals surface area contributed by atoms with Crippen molar-refractivity contribution in [3.05, 3.63) is 72.1 Å². The minimum atomic E-state index is -2.46. The van der Waals surface area contributed by atoms with Crippen LogP contribution in [0.2, 0.25) is 0 Å². The summed E-state index contributed by atoms with van der Waals surface area (Å²) in [7, 11) is 0. The summed E-state index contributed by atoms with van der Waals surface area (Å²) in [5, 5.41) is 19.7. The molecular formula is C19H14F3N2O2-. The highest BCUT2D eigenvalue weighted by Gasteiger charge is 2.15. The fourth-order valence-corrected chi connectivity index (χ4v) is 2.27. The molecule has 0 aliphatic heterocycles. The van der Waals surface area contributed by atoms with Crippen LogP contribution in [0, 0.1) is 11.3 Å². The molecule has 0 radical (unpaired) electrons. The van der Waals surface area contributed by atoms with E-state index in [4.69, 9.17) is 10.00 Å². The minimum absolute atomic E-state index is 0.000109. The zero-order valence-corrected chi connectivity index (χ0v) is 13.5. The first-order valence-corrected chi connectivity index (χ1v) is 7.64.